The minimum absolute atomic E-state index is 0.0844. The number of halogens is 1. The van der Waals surface area contributed by atoms with Crippen LogP contribution in [0.1, 0.15) is 41.4 Å². The van der Waals surface area contributed by atoms with E-state index in [2.05, 4.69) is 49.7 Å². The molecular weight excluding hydrogens is 502 g/mol. The van der Waals surface area contributed by atoms with E-state index in [1.807, 2.05) is 22.8 Å². The third kappa shape index (κ3) is 3.34. The zero-order valence-electron chi connectivity index (χ0n) is 18.2. The van der Waals surface area contributed by atoms with Crippen molar-refractivity contribution >= 4 is 39.1 Å². The third-order valence-electron chi connectivity index (χ3n) is 6.86. The Balaban J connectivity index is 1.57. The molecule has 1 fully saturated rings. The Morgan fingerprint density at radius 2 is 2.06 bits per heavy atom. The predicted octanol–water partition coefficient (Wildman–Crippen LogP) is 5.70. The zero-order valence-corrected chi connectivity index (χ0v) is 20.6. The zero-order chi connectivity index (χ0) is 22.7. The maximum atomic E-state index is 11.3. The molecule has 2 aromatic heterocycles. The molecule has 2 unspecified atom stereocenters. The highest BCUT2D eigenvalue weighted by Crippen LogP contribution is 2.43. The molecule has 0 spiro atoms. The van der Waals surface area contributed by atoms with Gasteiger partial charge in [-0.05, 0) is 66.5 Å². The number of ether oxygens (including phenoxy) is 2. The summed E-state index contributed by atoms with van der Waals surface area (Å²) in [7, 11) is 1.67. The van der Waals surface area contributed by atoms with Gasteiger partial charge in [0.15, 0.2) is 4.77 Å². The van der Waals surface area contributed by atoms with Gasteiger partial charge in [-0.25, -0.2) is 0 Å². The SMILES string of the molecule is COc1ccc(C2c3[nH]c4ccc(Br)cc4c3Cc3c(O)n(CC4CCCO4)c(=S)n32)cc1. The molecule has 4 aromatic rings. The number of hydrogen-bond acceptors (Lipinski definition) is 4. The number of nitrogens with one attached hydrogen (secondary N) is 1. The standard InChI is InChI=1S/C25H24BrN3O3S/c1-31-16-7-4-14(5-8-16)23-22-19(18-11-15(26)6-9-20(18)27-22)12-21-24(30)28(25(33)29(21)23)13-17-3-2-10-32-17/h4-9,11,17,23,27,30H,2-3,10,12-13H2,1H3. The van der Waals surface area contributed by atoms with E-state index in [1.54, 1.807) is 7.11 Å². The number of nitrogens with zero attached hydrogens (tertiary/aromatic N) is 2. The molecule has 0 radical (unpaired) electrons. The molecule has 2 N–H and O–H groups in total. The molecule has 33 heavy (non-hydrogen) atoms. The highest BCUT2D eigenvalue weighted by Gasteiger charge is 2.35. The number of aromatic hydroxyl groups is 1. The van der Waals surface area contributed by atoms with Gasteiger partial charge in [0.1, 0.15) is 11.8 Å². The van der Waals surface area contributed by atoms with Gasteiger partial charge >= 0.3 is 0 Å². The van der Waals surface area contributed by atoms with Gasteiger partial charge in [0.25, 0.3) is 0 Å². The van der Waals surface area contributed by atoms with Gasteiger partial charge in [0.05, 0.1) is 25.5 Å². The molecule has 2 aliphatic heterocycles. The molecule has 2 atom stereocenters. The van der Waals surface area contributed by atoms with Crippen LogP contribution >= 0.6 is 28.1 Å². The van der Waals surface area contributed by atoms with Crippen molar-refractivity contribution in [1.82, 2.24) is 14.1 Å². The quantitative estimate of drug-likeness (QED) is 0.295. The highest BCUT2D eigenvalue weighted by atomic mass is 79.9. The van der Waals surface area contributed by atoms with E-state index in [4.69, 9.17) is 21.7 Å². The van der Waals surface area contributed by atoms with E-state index < -0.39 is 0 Å². The molecule has 170 valence electrons. The third-order valence-corrected chi connectivity index (χ3v) is 7.77. The summed E-state index contributed by atoms with van der Waals surface area (Å²) in [6.07, 6.45) is 2.72. The lowest BCUT2D eigenvalue weighted by atomic mass is 9.93. The Kier molecular flexibility index (Phi) is 5.12. The number of benzene rings is 2. The van der Waals surface area contributed by atoms with Crippen LogP contribution in [-0.2, 0) is 17.7 Å². The minimum Gasteiger partial charge on any atom is -0.497 e. The summed E-state index contributed by atoms with van der Waals surface area (Å²) in [6.45, 7) is 1.34. The molecule has 6 nitrogen and oxygen atoms in total. The first-order valence-electron chi connectivity index (χ1n) is 11.1. The normalized spacial score (nSPS) is 19.6. The fourth-order valence-electron chi connectivity index (χ4n) is 5.25. The van der Waals surface area contributed by atoms with Crippen LogP contribution in [0.15, 0.2) is 46.9 Å². The molecule has 0 aliphatic carbocycles. The first kappa shape index (κ1) is 21.0. The number of imidazole rings is 1. The monoisotopic (exact) mass is 525 g/mol. The van der Waals surface area contributed by atoms with Crippen molar-refractivity contribution in [3.8, 4) is 11.6 Å². The number of rotatable bonds is 4. The molecular formula is C25H24BrN3O3S. The fourth-order valence-corrected chi connectivity index (χ4v) is 5.99. The van der Waals surface area contributed by atoms with Crippen LogP contribution in [-0.4, -0.2) is 39.0 Å². The van der Waals surface area contributed by atoms with Crippen molar-refractivity contribution in [2.45, 2.75) is 38.0 Å². The Labute approximate surface area is 204 Å². The van der Waals surface area contributed by atoms with Gasteiger partial charge in [-0.3, -0.25) is 4.57 Å². The Hall–Kier alpha value is -2.55. The molecule has 1 saturated heterocycles. The van der Waals surface area contributed by atoms with Gasteiger partial charge in [0.2, 0.25) is 5.88 Å². The van der Waals surface area contributed by atoms with Gasteiger partial charge in [0, 0.05) is 34.1 Å². The van der Waals surface area contributed by atoms with E-state index in [1.165, 1.54) is 5.56 Å². The van der Waals surface area contributed by atoms with E-state index >= 15 is 0 Å². The second-order valence-corrected chi connectivity index (χ2v) is 10.0. The summed E-state index contributed by atoms with van der Waals surface area (Å²) in [4.78, 5) is 3.66. The van der Waals surface area contributed by atoms with Crippen molar-refractivity contribution in [3.63, 3.8) is 0 Å². The maximum Gasteiger partial charge on any atom is 0.214 e. The van der Waals surface area contributed by atoms with Crippen LogP contribution in [0.2, 0.25) is 0 Å². The molecule has 0 amide bonds. The van der Waals surface area contributed by atoms with E-state index in [0.29, 0.717) is 17.7 Å². The molecule has 2 aromatic carbocycles. The number of fused-ring (bicyclic) bond motifs is 4. The van der Waals surface area contributed by atoms with Gasteiger partial charge in [-0.1, -0.05) is 28.1 Å². The summed E-state index contributed by atoms with van der Waals surface area (Å²) >= 11 is 9.57. The lowest BCUT2D eigenvalue weighted by Gasteiger charge is -2.27. The van der Waals surface area contributed by atoms with Crippen LogP contribution in [0.25, 0.3) is 10.9 Å². The first-order valence-corrected chi connectivity index (χ1v) is 12.3. The van der Waals surface area contributed by atoms with Crippen LogP contribution < -0.4 is 4.74 Å². The molecule has 2 aliphatic rings. The highest BCUT2D eigenvalue weighted by molar-refractivity contribution is 9.10. The van der Waals surface area contributed by atoms with Crippen molar-refractivity contribution in [2.24, 2.45) is 0 Å². The lowest BCUT2D eigenvalue weighted by Crippen LogP contribution is -2.22. The van der Waals surface area contributed by atoms with Crippen molar-refractivity contribution in [3.05, 3.63) is 74.2 Å². The molecule has 8 heteroatoms. The average molecular weight is 526 g/mol. The summed E-state index contributed by atoms with van der Waals surface area (Å²) in [5.41, 5.74) is 5.28. The van der Waals surface area contributed by atoms with Gasteiger partial charge < -0.3 is 24.1 Å². The average Bonchev–Trinajstić information content (AvgIpc) is 3.53. The van der Waals surface area contributed by atoms with Gasteiger partial charge in [-0.2, -0.15) is 0 Å². The fraction of sp³-hybridized carbons (Fsp3) is 0.320. The van der Waals surface area contributed by atoms with Crippen molar-refractivity contribution < 1.29 is 14.6 Å². The number of H-pyrrole nitrogens is 1. The topological polar surface area (TPSA) is 64.3 Å². The predicted molar refractivity (Wildman–Crippen MR) is 133 cm³/mol. The second-order valence-electron chi connectivity index (χ2n) is 8.73. The van der Waals surface area contributed by atoms with Gasteiger partial charge in [-0.15, -0.1) is 0 Å². The van der Waals surface area contributed by atoms with E-state index in [9.17, 15) is 5.11 Å². The van der Waals surface area contributed by atoms with Crippen LogP contribution in [0, 0.1) is 4.77 Å². The Morgan fingerprint density at radius 3 is 2.79 bits per heavy atom. The summed E-state index contributed by atoms with van der Waals surface area (Å²) in [5.74, 6) is 1.04. The summed E-state index contributed by atoms with van der Waals surface area (Å²) in [5, 5.41) is 12.5. The number of aromatic amines is 1. The van der Waals surface area contributed by atoms with Crippen LogP contribution in [0.5, 0.6) is 11.6 Å². The molecule has 0 bridgehead atoms. The van der Waals surface area contributed by atoms with E-state index in [0.717, 1.165) is 57.5 Å². The molecule has 4 heterocycles. The number of methoxy groups -OCH3 is 1. The van der Waals surface area contributed by atoms with Crippen molar-refractivity contribution in [2.75, 3.05) is 13.7 Å². The lowest BCUT2D eigenvalue weighted by molar-refractivity contribution is 0.0944. The molecule has 0 saturated carbocycles. The Bertz CT molecular complexity index is 1410. The minimum atomic E-state index is -0.176. The number of hydrogen-bond donors (Lipinski definition) is 2. The van der Waals surface area contributed by atoms with Crippen molar-refractivity contribution in [1.29, 1.82) is 0 Å². The summed E-state index contributed by atoms with van der Waals surface area (Å²) < 4.78 is 16.8. The second kappa shape index (κ2) is 8.04. The number of aromatic nitrogens is 3. The summed E-state index contributed by atoms with van der Waals surface area (Å²) in [6, 6.07) is 14.2. The van der Waals surface area contributed by atoms with E-state index in [-0.39, 0.29) is 18.0 Å². The smallest absolute Gasteiger partial charge is 0.214 e. The van der Waals surface area contributed by atoms with Crippen LogP contribution in [0.3, 0.4) is 0 Å². The van der Waals surface area contributed by atoms with Crippen LogP contribution in [0.4, 0.5) is 0 Å². The Morgan fingerprint density at radius 1 is 1.24 bits per heavy atom. The molecule has 6 rings (SSSR count). The first-order chi connectivity index (χ1) is 16.0. The largest absolute Gasteiger partial charge is 0.497 e. The maximum absolute atomic E-state index is 11.3.